The molecule has 2 rings (SSSR count). The van der Waals surface area contributed by atoms with E-state index >= 15 is 0 Å². The summed E-state index contributed by atoms with van der Waals surface area (Å²) >= 11 is 1.85. The quantitative estimate of drug-likeness (QED) is 0.591. The molecule has 0 atom stereocenters. The first-order valence-corrected chi connectivity index (χ1v) is 8.19. The molecule has 1 aromatic carbocycles. The lowest BCUT2D eigenvalue weighted by Gasteiger charge is -2.19. The van der Waals surface area contributed by atoms with Gasteiger partial charge in [0.05, 0.1) is 0 Å². The highest BCUT2D eigenvalue weighted by Gasteiger charge is 2.07. The Morgan fingerprint density at radius 1 is 1.25 bits per heavy atom. The third-order valence-electron chi connectivity index (χ3n) is 3.32. The van der Waals surface area contributed by atoms with E-state index in [9.17, 15) is 0 Å². The monoisotopic (exact) mass is 287 g/mol. The summed E-state index contributed by atoms with van der Waals surface area (Å²) in [5.74, 6) is 0. The van der Waals surface area contributed by atoms with Gasteiger partial charge < -0.3 is 5.32 Å². The zero-order valence-corrected chi connectivity index (χ0v) is 13.8. The van der Waals surface area contributed by atoms with Crippen LogP contribution in [-0.2, 0) is 6.42 Å². The van der Waals surface area contributed by atoms with Gasteiger partial charge >= 0.3 is 0 Å². The topological polar surface area (TPSA) is 12.0 Å². The summed E-state index contributed by atoms with van der Waals surface area (Å²) in [4.78, 5) is 0. The molecule has 0 aliphatic carbocycles. The fourth-order valence-corrected chi connectivity index (χ4v) is 3.27. The molecule has 0 spiro atoms. The fraction of sp³-hybridized carbons (Fsp3) is 0.444. The van der Waals surface area contributed by atoms with Crippen molar-refractivity contribution in [3.63, 3.8) is 0 Å². The van der Waals surface area contributed by atoms with Crippen LogP contribution >= 0.6 is 11.3 Å². The molecule has 1 heterocycles. The van der Waals surface area contributed by atoms with E-state index < -0.39 is 0 Å². The van der Waals surface area contributed by atoms with Crippen LogP contribution in [0.25, 0.3) is 10.1 Å². The Morgan fingerprint density at radius 2 is 2.00 bits per heavy atom. The molecule has 1 N–H and O–H groups in total. The van der Waals surface area contributed by atoms with Crippen molar-refractivity contribution in [2.75, 3.05) is 6.54 Å². The number of rotatable bonds is 5. The molecule has 20 heavy (non-hydrogen) atoms. The van der Waals surface area contributed by atoms with E-state index in [0.29, 0.717) is 0 Å². The van der Waals surface area contributed by atoms with Crippen LogP contribution in [0, 0.1) is 0 Å². The van der Waals surface area contributed by atoms with Crippen LogP contribution in [0.15, 0.2) is 41.3 Å². The maximum atomic E-state index is 3.52. The van der Waals surface area contributed by atoms with Gasteiger partial charge in [-0.25, -0.2) is 0 Å². The van der Waals surface area contributed by atoms with Crippen LogP contribution in [0.3, 0.4) is 0 Å². The van der Waals surface area contributed by atoms with Crippen molar-refractivity contribution >= 4 is 21.4 Å². The maximum Gasteiger partial charge on any atom is 0.0345 e. The third-order valence-corrected chi connectivity index (χ3v) is 4.34. The maximum absolute atomic E-state index is 3.52. The van der Waals surface area contributed by atoms with Gasteiger partial charge in [0.2, 0.25) is 0 Å². The highest BCUT2D eigenvalue weighted by Crippen LogP contribution is 2.27. The van der Waals surface area contributed by atoms with E-state index in [1.807, 2.05) is 11.3 Å². The fourth-order valence-electron chi connectivity index (χ4n) is 2.31. The Bertz CT molecular complexity index is 587. The summed E-state index contributed by atoms with van der Waals surface area (Å²) in [5.41, 5.74) is 3.14. The molecule has 0 fully saturated rings. The number of nitrogens with one attached hydrogen (secondary N) is 1. The van der Waals surface area contributed by atoms with Crippen LogP contribution in [0.2, 0.25) is 0 Å². The van der Waals surface area contributed by atoms with Crippen LogP contribution in [-0.4, -0.2) is 12.1 Å². The van der Waals surface area contributed by atoms with Gasteiger partial charge in [-0.05, 0) is 69.5 Å². The molecular formula is C18H25NS. The van der Waals surface area contributed by atoms with E-state index in [1.165, 1.54) is 21.2 Å². The molecule has 0 unspecified atom stereocenters. The molecule has 0 radical (unpaired) electrons. The molecule has 1 aromatic heterocycles. The van der Waals surface area contributed by atoms with Crippen molar-refractivity contribution in [1.29, 1.82) is 0 Å². The number of benzene rings is 1. The van der Waals surface area contributed by atoms with E-state index in [2.05, 4.69) is 68.7 Å². The molecule has 0 aliphatic rings. The Morgan fingerprint density at radius 3 is 2.75 bits per heavy atom. The van der Waals surface area contributed by atoms with Gasteiger partial charge in [-0.2, -0.15) is 0 Å². The second-order valence-corrected chi connectivity index (χ2v) is 7.36. The molecule has 2 heteroatoms. The van der Waals surface area contributed by atoms with Crippen molar-refractivity contribution in [3.05, 3.63) is 46.9 Å². The molecule has 2 aromatic rings. The summed E-state index contributed by atoms with van der Waals surface area (Å²) in [6, 6.07) is 8.68. The second-order valence-electron chi connectivity index (χ2n) is 6.45. The summed E-state index contributed by atoms with van der Waals surface area (Å²) < 4.78 is 1.39. The van der Waals surface area contributed by atoms with E-state index in [0.717, 1.165) is 19.4 Å². The zero-order valence-electron chi connectivity index (χ0n) is 13.0. The lowest BCUT2D eigenvalue weighted by molar-refractivity contribution is 0.431. The van der Waals surface area contributed by atoms with E-state index in [4.69, 9.17) is 0 Å². The standard InChI is InChI=1S/C18H25NS/c1-14(8-7-11-19-18(2,3)4)12-15-13-20-17-10-6-5-9-16(15)17/h5-6,8-10,13,19H,7,11-12H2,1-4H3. The first kappa shape index (κ1) is 15.3. The lowest BCUT2D eigenvalue weighted by atomic mass is 10.0. The van der Waals surface area contributed by atoms with Gasteiger partial charge in [0.25, 0.3) is 0 Å². The van der Waals surface area contributed by atoms with Gasteiger partial charge in [0.1, 0.15) is 0 Å². The summed E-state index contributed by atoms with van der Waals surface area (Å²) in [6.45, 7) is 9.91. The van der Waals surface area contributed by atoms with Crippen molar-refractivity contribution in [2.45, 2.75) is 46.1 Å². The van der Waals surface area contributed by atoms with Crippen LogP contribution < -0.4 is 5.32 Å². The first-order chi connectivity index (χ1) is 9.46. The lowest BCUT2D eigenvalue weighted by Crippen LogP contribution is -2.36. The van der Waals surface area contributed by atoms with E-state index in [-0.39, 0.29) is 5.54 Å². The summed E-state index contributed by atoms with van der Waals surface area (Å²) in [6.07, 6.45) is 4.54. The summed E-state index contributed by atoms with van der Waals surface area (Å²) in [5, 5.41) is 7.24. The minimum absolute atomic E-state index is 0.214. The van der Waals surface area contributed by atoms with Crippen LogP contribution in [0.4, 0.5) is 0 Å². The van der Waals surface area contributed by atoms with Gasteiger partial charge in [0.15, 0.2) is 0 Å². The van der Waals surface area contributed by atoms with Gasteiger partial charge in [-0.3, -0.25) is 0 Å². The van der Waals surface area contributed by atoms with Crippen molar-refractivity contribution in [3.8, 4) is 0 Å². The Hall–Kier alpha value is -1.12. The molecular weight excluding hydrogens is 262 g/mol. The molecule has 0 bridgehead atoms. The highest BCUT2D eigenvalue weighted by molar-refractivity contribution is 7.17. The zero-order chi connectivity index (χ0) is 14.6. The Labute approximate surface area is 126 Å². The largest absolute Gasteiger partial charge is 0.312 e. The van der Waals surface area contributed by atoms with Gasteiger partial charge in [0, 0.05) is 10.2 Å². The molecule has 108 valence electrons. The number of hydrogen-bond acceptors (Lipinski definition) is 2. The minimum atomic E-state index is 0.214. The average Bonchev–Trinajstić information content (AvgIpc) is 2.77. The van der Waals surface area contributed by atoms with Crippen molar-refractivity contribution in [1.82, 2.24) is 5.32 Å². The third kappa shape index (κ3) is 4.46. The summed E-state index contributed by atoms with van der Waals surface area (Å²) in [7, 11) is 0. The first-order valence-electron chi connectivity index (χ1n) is 7.31. The number of fused-ring (bicyclic) bond motifs is 1. The Balaban J connectivity index is 1.92. The minimum Gasteiger partial charge on any atom is -0.312 e. The van der Waals surface area contributed by atoms with Crippen molar-refractivity contribution < 1.29 is 0 Å². The predicted molar refractivity (Wildman–Crippen MR) is 91.7 cm³/mol. The van der Waals surface area contributed by atoms with Gasteiger partial charge in [-0.1, -0.05) is 29.8 Å². The molecule has 1 nitrogen and oxygen atoms in total. The van der Waals surface area contributed by atoms with Gasteiger partial charge in [-0.15, -0.1) is 11.3 Å². The Kier molecular flexibility index (Phi) is 5.00. The smallest absolute Gasteiger partial charge is 0.0345 e. The normalized spacial score (nSPS) is 13.1. The molecule has 0 amide bonds. The van der Waals surface area contributed by atoms with Crippen LogP contribution in [0.5, 0.6) is 0 Å². The number of allylic oxidation sites excluding steroid dienone is 1. The second kappa shape index (κ2) is 6.55. The van der Waals surface area contributed by atoms with E-state index in [1.54, 1.807) is 0 Å². The average molecular weight is 287 g/mol. The SMILES string of the molecule is CC(=CCCNC(C)(C)C)Cc1csc2ccccc12. The number of hydrogen-bond donors (Lipinski definition) is 1. The molecule has 0 aliphatic heterocycles. The molecule has 0 saturated heterocycles. The molecule has 0 saturated carbocycles. The van der Waals surface area contributed by atoms with Crippen LogP contribution in [0.1, 0.15) is 39.7 Å². The number of thiophene rings is 1. The predicted octanol–water partition coefficient (Wildman–Crippen LogP) is 5.17. The highest BCUT2D eigenvalue weighted by atomic mass is 32.1. The van der Waals surface area contributed by atoms with Crippen molar-refractivity contribution in [2.24, 2.45) is 0 Å².